The molecule has 1 heterocycles. The number of hydrazine groups is 1. The highest BCUT2D eigenvalue weighted by Crippen LogP contribution is 2.17. The highest BCUT2D eigenvalue weighted by molar-refractivity contribution is 5.79. The van der Waals surface area contributed by atoms with E-state index in [1.807, 2.05) is 6.92 Å². The van der Waals surface area contributed by atoms with Gasteiger partial charge < -0.3 is 10.2 Å². The van der Waals surface area contributed by atoms with E-state index in [1.54, 1.807) is 7.05 Å². The van der Waals surface area contributed by atoms with Crippen molar-refractivity contribution >= 4 is 11.8 Å². The van der Waals surface area contributed by atoms with Crippen LogP contribution in [0.15, 0.2) is 0 Å². The van der Waals surface area contributed by atoms with Crippen LogP contribution < -0.4 is 16.6 Å². The summed E-state index contributed by atoms with van der Waals surface area (Å²) >= 11 is 0. The molecule has 1 fully saturated rings. The summed E-state index contributed by atoms with van der Waals surface area (Å²) in [5.74, 6) is 4.92. The number of hydrogen-bond donors (Lipinski definition) is 3. The lowest BCUT2D eigenvalue weighted by Crippen LogP contribution is -2.46. The maximum Gasteiger partial charge on any atom is 0.237 e. The Morgan fingerprint density at radius 3 is 2.82 bits per heavy atom. The Labute approximate surface area is 102 Å². The third-order valence-corrected chi connectivity index (χ3v) is 3.24. The molecule has 0 aromatic carbocycles. The van der Waals surface area contributed by atoms with Gasteiger partial charge in [0.05, 0.1) is 5.92 Å². The highest BCUT2D eigenvalue weighted by atomic mass is 16.2. The minimum Gasteiger partial charge on any atom is -0.359 e. The number of nitrogens with one attached hydrogen (secondary N) is 2. The summed E-state index contributed by atoms with van der Waals surface area (Å²) in [7, 11) is 1.66. The minimum atomic E-state index is -0.160. The summed E-state index contributed by atoms with van der Waals surface area (Å²) < 4.78 is 0. The molecule has 6 nitrogen and oxygen atoms in total. The molecule has 0 spiro atoms. The summed E-state index contributed by atoms with van der Waals surface area (Å²) in [6, 6.07) is 0. The van der Waals surface area contributed by atoms with Gasteiger partial charge in [-0.3, -0.25) is 15.0 Å². The van der Waals surface area contributed by atoms with Crippen molar-refractivity contribution in [3.05, 3.63) is 0 Å². The van der Waals surface area contributed by atoms with Gasteiger partial charge in [-0.05, 0) is 19.4 Å². The first kappa shape index (κ1) is 13.9. The molecule has 6 heteroatoms. The first-order chi connectivity index (χ1) is 8.08. The van der Waals surface area contributed by atoms with Gasteiger partial charge in [-0.25, -0.2) is 5.84 Å². The lowest BCUT2D eigenvalue weighted by molar-refractivity contribution is -0.126. The topological polar surface area (TPSA) is 87.5 Å². The van der Waals surface area contributed by atoms with E-state index in [9.17, 15) is 9.59 Å². The second-order valence-corrected chi connectivity index (χ2v) is 4.62. The van der Waals surface area contributed by atoms with Crippen LogP contribution in [0.4, 0.5) is 0 Å². The molecule has 2 amide bonds. The number of carbonyl (C=O) groups excluding carboxylic acids is 2. The van der Waals surface area contributed by atoms with Crippen LogP contribution in [0.25, 0.3) is 0 Å². The van der Waals surface area contributed by atoms with Gasteiger partial charge in [0.2, 0.25) is 11.8 Å². The molecule has 1 aliphatic heterocycles. The number of amides is 2. The largest absolute Gasteiger partial charge is 0.359 e. The summed E-state index contributed by atoms with van der Waals surface area (Å²) in [4.78, 5) is 25.0. The van der Waals surface area contributed by atoms with Crippen LogP contribution in [0.2, 0.25) is 0 Å². The van der Waals surface area contributed by atoms with E-state index >= 15 is 0 Å². The normalized spacial score (nSPS) is 22.9. The van der Waals surface area contributed by atoms with Crippen LogP contribution in [0.1, 0.15) is 19.8 Å². The van der Waals surface area contributed by atoms with Crippen LogP contribution in [-0.4, -0.2) is 43.4 Å². The summed E-state index contributed by atoms with van der Waals surface area (Å²) in [5, 5.41) is 2.68. The highest BCUT2D eigenvalue weighted by Gasteiger charge is 2.26. The smallest absolute Gasteiger partial charge is 0.237 e. The SMILES string of the molecule is CNC(=O)C1CCCN(CC(C)C(=O)NN)C1. The summed E-state index contributed by atoms with van der Waals surface area (Å²) in [6.07, 6.45) is 1.92. The van der Waals surface area contributed by atoms with Crippen LogP contribution in [-0.2, 0) is 9.59 Å². The molecule has 0 saturated carbocycles. The number of piperidine rings is 1. The van der Waals surface area contributed by atoms with Gasteiger partial charge >= 0.3 is 0 Å². The zero-order valence-corrected chi connectivity index (χ0v) is 10.5. The second kappa shape index (κ2) is 6.56. The number of carbonyl (C=O) groups is 2. The third kappa shape index (κ3) is 3.98. The predicted octanol–water partition coefficient (Wildman–Crippen LogP) is -0.930. The monoisotopic (exact) mass is 242 g/mol. The Morgan fingerprint density at radius 1 is 1.53 bits per heavy atom. The average molecular weight is 242 g/mol. The molecule has 17 heavy (non-hydrogen) atoms. The number of likely N-dealkylation sites (tertiary alicyclic amines) is 1. The molecule has 0 aliphatic carbocycles. The van der Waals surface area contributed by atoms with Crippen molar-refractivity contribution in [3.63, 3.8) is 0 Å². The molecule has 0 radical (unpaired) electrons. The van der Waals surface area contributed by atoms with Gasteiger partial charge in [0.1, 0.15) is 0 Å². The first-order valence-electron chi connectivity index (χ1n) is 6.03. The standard InChI is InChI=1S/C11H22N4O2/c1-8(10(16)14-12)6-15-5-3-4-9(7-15)11(17)13-2/h8-9H,3-7,12H2,1-2H3,(H,13,17)(H,14,16). The van der Waals surface area contributed by atoms with Crippen molar-refractivity contribution in [2.75, 3.05) is 26.7 Å². The molecule has 2 unspecified atom stereocenters. The Kier molecular flexibility index (Phi) is 5.37. The van der Waals surface area contributed by atoms with E-state index in [-0.39, 0.29) is 23.7 Å². The Hall–Kier alpha value is -1.14. The molecule has 4 N–H and O–H groups in total. The van der Waals surface area contributed by atoms with Crippen molar-refractivity contribution in [2.45, 2.75) is 19.8 Å². The van der Waals surface area contributed by atoms with Crippen LogP contribution in [0.3, 0.4) is 0 Å². The molecule has 2 atom stereocenters. The molecule has 98 valence electrons. The minimum absolute atomic E-state index is 0.0434. The quantitative estimate of drug-likeness (QED) is 0.338. The van der Waals surface area contributed by atoms with Gasteiger partial charge in [-0.15, -0.1) is 0 Å². The fraction of sp³-hybridized carbons (Fsp3) is 0.818. The molecule has 0 aromatic rings. The molecule has 1 saturated heterocycles. The molecule has 1 aliphatic rings. The van der Waals surface area contributed by atoms with Crippen molar-refractivity contribution in [2.24, 2.45) is 17.7 Å². The maximum absolute atomic E-state index is 11.6. The van der Waals surface area contributed by atoms with Gasteiger partial charge in [0.15, 0.2) is 0 Å². The van der Waals surface area contributed by atoms with Gasteiger partial charge in [0, 0.05) is 26.1 Å². The molecular weight excluding hydrogens is 220 g/mol. The third-order valence-electron chi connectivity index (χ3n) is 3.24. The van der Waals surface area contributed by atoms with Gasteiger partial charge in [-0.1, -0.05) is 6.92 Å². The zero-order chi connectivity index (χ0) is 12.8. The van der Waals surface area contributed by atoms with Crippen molar-refractivity contribution in [1.29, 1.82) is 0 Å². The van der Waals surface area contributed by atoms with Gasteiger partial charge in [-0.2, -0.15) is 0 Å². The molecular formula is C11H22N4O2. The van der Waals surface area contributed by atoms with E-state index in [0.29, 0.717) is 6.54 Å². The first-order valence-corrected chi connectivity index (χ1v) is 6.03. The lowest BCUT2D eigenvalue weighted by Gasteiger charge is -2.32. The van der Waals surface area contributed by atoms with E-state index in [2.05, 4.69) is 15.6 Å². The zero-order valence-electron chi connectivity index (χ0n) is 10.5. The second-order valence-electron chi connectivity index (χ2n) is 4.62. The number of hydrogen-bond acceptors (Lipinski definition) is 4. The fourth-order valence-electron chi connectivity index (χ4n) is 2.25. The Morgan fingerprint density at radius 2 is 2.24 bits per heavy atom. The maximum atomic E-state index is 11.6. The molecule has 0 aromatic heterocycles. The lowest BCUT2D eigenvalue weighted by atomic mass is 9.96. The predicted molar refractivity (Wildman–Crippen MR) is 64.7 cm³/mol. The average Bonchev–Trinajstić information content (AvgIpc) is 2.37. The van der Waals surface area contributed by atoms with Crippen LogP contribution in [0, 0.1) is 11.8 Å². The Balaban J connectivity index is 2.44. The molecule has 1 rings (SSSR count). The van der Waals surface area contributed by atoms with Crippen LogP contribution >= 0.6 is 0 Å². The van der Waals surface area contributed by atoms with E-state index in [0.717, 1.165) is 25.9 Å². The number of rotatable bonds is 4. The number of nitrogens with two attached hydrogens (primary N) is 1. The van der Waals surface area contributed by atoms with Gasteiger partial charge in [0.25, 0.3) is 0 Å². The summed E-state index contributed by atoms with van der Waals surface area (Å²) in [6.45, 7) is 4.15. The van der Waals surface area contributed by atoms with E-state index in [1.165, 1.54) is 0 Å². The number of nitrogens with zero attached hydrogens (tertiary/aromatic N) is 1. The molecule has 0 bridgehead atoms. The van der Waals surface area contributed by atoms with Crippen molar-refractivity contribution in [3.8, 4) is 0 Å². The summed E-state index contributed by atoms with van der Waals surface area (Å²) in [5.41, 5.74) is 2.15. The Bertz CT molecular complexity index is 281. The van der Waals surface area contributed by atoms with Crippen LogP contribution in [0.5, 0.6) is 0 Å². The van der Waals surface area contributed by atoms with E-state index < -0.39 is 0 Å². The van der Waals surface area contributed by atoms with E-state index in [4.69, 9.17) is 5.84 Å². The fourth-order valence-corrected chi connectivity index (χ4v) is 2.25. The van der Waals surface area contributed by atoms with Crippen molar-refractivity contribution < 1.29 is 9.59 Å². The van der Waals surface area contributed by atoms with Crippen molar-refractivity contribution in [1.82, 2.24) is 15.6 Å².